The van der Waals surface area contributed by atoms with Crippen molar-refractivity contribution in [2.24, 2.45) is 0 Å². The second kappa shape index (κ2) is 4.29. The number of hydrogen-bond donors (Lipinski definition) is 0. The van der Waals surface area contributed by atoms with Crippen molar-refractivity contribution in [2.75, 3.05) is 20.6 Å². The van der Waals surface area contributed by atoms with Gasteiger partial charge in [-0.2, -0.15) is 0 Å². The van der Waals surface area contributed by atoms with E-state index in [-0.39, 0.29) is 0 Å². The van der Waals surface area contributed by atoms with E-state index in [1.807, 2.05) is 6.20 Å². The number of rotatable bonds is 2. The molecule has 3 nitrogen and oxygen atoms in total. The van der Waals surface area contributed by atoms with Crippen LogP contribution in [0.25, 0.3) is 0 Å². The number of fused-ring (bicyclic) bond motifs is 1. The smallest absolute Gasteiger partial charge is 0.0579 e. The van der Waals surface area contributed by atoms with Gasteiger partial charge in [0.2, 0.25) is 0 Å². The number of nitrogens with zero attached hydrogens (tertiary/aromatic N) is 3. The van der Waals surface area contributed by atoms with Gasteiger partial charge in [-0.3, -0.25) is 12.0 Å². The van der Waals surface area contributed by atoms with Crippen molar-refractivity contribution in [3.8, 4) is 0 Å². The molecule has 2 heterocycles. The first-order valence-electron chi connectivity index (χ1n) is 5.32. The van der Waals surface area contributed by atoms with Gasteiger partial charge in [0.1, 0.15) is 0 Å². The highest BCUT2D eigenvalue weighted by molar-refractivity contribution is 5.32. The van der Waals surface area contributed by atoms with Gasteiger partial charge in [-0.1, -0.05) is 0 Å². The van der Waals surface area contributed by atoms with Gasteiger partial charge in [0, 0.05) is 12.7 Å². The van der Waals surface area contributed by atoms with Gasteiger partial charge in [-0.05, 0) is 50.8 Å². The second-order valence-corrected chi connectivity index (χ2v) is 4.44. The molecule has 0 saturated heterocycles. The highest BCUT2D eigenvalue weighted by atomic mass is 15.1. The summed E-state index contributed by atoms with van der Waals surface area (Å²) in [6, 6.07) is 2.12. The summed E-state index contributed by atoms with van der Waals surface area (Å²) < 4.78 is 0. The molecule has 0 atom stereocenters. The van der Waals surface area contributed by atoms with Crippen LogP contribution in [0.4, 0.5) is 0 Å². The molecule has 0 saturated carbocycles. The normalized spacial score (nSPS) is 16.8. The lowest BCUT2D eigenvalue weighted by Gasteiger charge is -2.32. The molecule has 0 spiro atoms. The number of pyridine rings is 1. The molecule has 0 aromatic carbocycles. The molecule has 2 rings (SSSR count). The maximum atomic E-state index is 4.48. The molecular formula is C12H18N3-. The Kier molecular flexibility index (Phi) is 3.03. The van der Waals surface area contributed by atoms with Crippen LogP contribution < -0.4 is 0 Å². The van der Waals surface area contributed by atoms with Crippen molar-refractivity contribution in [1.29, 1.82) is 0 Å². The van der Waals surface area contributed by atoms with Crippen molar-refractivity contribution in [3.05, 3.63) is 36.1 Å². The molecule has 1 aromatic heterocycles. The first-order valence-corrected chi connectivity index (χ1v) is 5.32. The summed E-state index contributed by atoms with van der Waals surface area (Å²) in [5.41, 5.74) is 4.06. The minimum absolute atomic E-state index is 0.931. The topological polar surface area (TPSA) is 19.4 Å². The van der Waals surface area contributed by atoms with E-state index in [1.54, 1.807) is 0 Å². The van der Waals surface area contributed by atoms with Crippen LogP contribution in [0.2, 0.25) is 0 Å². The predicted octanol–water partition coefficient (Wildman–Crippen LogP) is 1.29. The summed E-state index contributed by atoms with van der Waals surface area (Å²) in [5.74, 6) is 0. The lowest BCUT2D eigenvalue weighted by molar-refractivity contribution is 0.340. The molecule has 0 N–H and O–H groups in total. The molecular weight excluding hydrogens is 186 g/mol. The quantitative estimate of drug-likeness (QED) is 0.677. The third-order valence-electron chi connectivity index (χ3n) is 2.78. The van der Waals surface area contributed by atoms with E-state index in [0.717, 1.165) is 26.1 Å². The zero-order valence-electron chi connectivity index (χ0n) is 9.53. The van der Waals surface area contributed by atoms with Crippen LogP contribution in [0.5, 0.6) is 0 Å². The summed E-state index contributed by atoms with van der Waals surface area (Å²) in [6.45, 7) is 2.93. The molecule has 82 valence electrons. The van der Waals surface area contributed by atoms with Gasteiger partial charge in [0.15, 0.2) is 0 Å². The average Bonchev–Trinajstić information content (AvgIpc) is 2.16. The summed E-state index contributed by atoms with van der Waals surface area (Å²) in [5, 5.41) is 0. The monoisotopic (exact) mass is 204 g/mol. The highest BCUT2D eigenvalue weighted by Crippen LogP contribution is 2.20. The molecule has 1 aliphatic rings. The fraction of sp³-hybridized carbons (Fsp3) is 0.500. The Morgan fingerprint density at radius 2 is 2.33 bits per heavy atom. The Morgan fingerprint density at radius 3 is 3.07 bits per heavy atom. The van der Waals surface area contributed by atoms with Gasteiger partial charge in [0.25, 0.3) is 0 Å². The molecule has 1 aliphatic heterocycles. The Labute approximate surface area is 91.7 Å². The maximum Gasteiger partial charge on any atom is 0.0579 e. The minimum atomic E-state index is 0.931. The van der Waals surface area contributed by atoms with E-state index in [0.29, 0.717) is 0 Å². The predicted molar refractivity (Wildman–Crippen MR) is 61.1 cm³/mol. The Hall–Kier alpha value is -0.930. The number of aromatic nitrogens is 1. The van der Waals surface area contributed by atoms with Gasteiger partial charge >= 0.3 is 0 Å². The zero-order chi connectivity index (χ0) is 10.8. The summed E-state index contributed by atoms with van der Waals surface area (Å²) in [6.07, 6.45) is 2.99. The lowest BCUT2D eigenvalue weighted by atomic mass is 9.99. The van der Waals surface area contributed by atoms with E-state index in [2.05, 4.69) is 42.0 Å². The van der Waals surface area contributed by atoms with Crippen LogP contribution in [0.1, 0.15) is 16.8 Å². The molecule has 0 unspecified atom stereocenters. The van der Waals surface area contributed by atoms with Gasteiger partial charge in [-0.15, -0.1) is 0 Å². The van der Waals surface area contributed by atoms with Crippen LogP contribution >= 0.6 is 0 Å². The molecule has 0 bridgehead atoms. The summed E-state index contributed by atoms with van der Waals surface area (Å²) in [4.78, 5) is 8.76. The SMILES string of the molecule is [CH2-]N1CCc2c(ccnc2CN(C)C)C1. The fourth-order valence-electron chi connectivity index (χ4n) is 2.06. The average molecular weight is 204 g/mol. The third-order valence-corrected chi connectivity index (χ3v) is 2.78. The van der Waals surface area contributed by atoms with Gasteiger partial charge in [-0.25, -0.2) is 0 Å². The van der Waals surface area contributed by atoms with Crippen molar-refractivity contribution in [2.45, 2.75) is 19.5 Å². The van der Waals surface area contributed by atoms with E-state index in [4.69, 9.17) is 0 Å². The Balaban J connectivity index is 2.29. The van der Waals surface area contributed by atoms with Gasteiger partial charge in [0.05, 0.1) is 5.69 Å². The molecule has 0 fully saturated rings. The highest BCUT2D eigenvalue weighted by Gasteiger charge is 2.14. The summed E-state index contributed by atoms with van der Waals surface area (Å²) in [7, 11) is 8.15. The van der Waals surface area contributed by atoms with Crippen molar-refractivity contribution in [1.82, 2.24) is 14.8 Å². The fourth-order valence-corrected chi connectivity index (χ4v) is 2.06. The molecule has 0 amide bonds. The maximum absolute atomic E-state index is 4.48. The zero-order valence-corrected chi connectivity index (χ0v) is 9.53. The molecule has 15 heavy (non-hydrogen) atoms. The minimum Gasteiger partial charge on any atom is -0.455 e. The van der Waals surface area contributed by atoms with Crippen molar-refractivity contribution < 1.29 is 0 Å². The molecule has 1 aromatic rings. The standard InChI is InChI=1S/C12H18N3/c1-14(2)9-12-11-5-7-15(3)8-10(11)4-6-13-12/h4,6H,3,5,7-9H2,1-2H3/q-1. The van der Waals surface area contributed by atoms with E-state index < -0.39 is 0 Å². The lowest BCUT2D eigenvalue weighted by Crippen LogP contribution is -2.27. The van der Waals surface area contributed by atoms with Crippen LogP contribution in [0, 0.1) is 7.05 Å². The van der Waals surface area contributed by atoms with Crippen LogP contribution in [-0.2, 0) is 19.5 Å². The van der Waals surface area contributed by atoms with Crippen molar-refractivity contribution in [3.63, 3.8) is 0 Å². The van der Waals surface area contributed by atoms with Crippen LogP contribution in [0.15, 0.2) is 12.3 Å². The molecule has 0 aliphatic carbocycles. The Morgan fingerprint density at radius 1 is 1.53 bits per heavy atom. The largest absolute Gasteiger partial charge is 0.455 e. The Bertz CT molecular complexity index is 347. The van der Waals surface area contributed by atoms with Gasteiger partial charge < -0.3 is 9.80 Å². The molecule has 0 radical (unpaired) electrons. The summed E-state index contributed by atoms with van der Waals surface area (Å²) >= 11 is 0. The van der Waals surface area contributed by atoms with E-state index in [1.165, 1.54) is 16.8 Å². The van der Waals surface area contributed by atoms with Crippen LogP contribution in [0.3, 0.4) is 0 Å². The van der Waals surface area contributed by atoms with Crippen LogP contribution in [-0.4, -0.2) is 35.4 Å². The third kappa shape index (κ3) is 2.36. The van der Waals surface area contributed by atoms with E-state index in [9.17, 15) is 0 Å². The first kappa shape index (κ1) is 10.6. The van der Waals surface area contributed by atoms with E-state index >= 15 is 0 Å². The first-order chi connectivity index (χ1) is 7.16. The molecule has 3 heteroatoms. The van der Waals surface area contributed by atoms with Crippen molar-refractivity contribution >= 4 is 0 Å². The number of hydrogen-bond acceptors (Lipinski definition) is 3. The second-order valence-electron chi connectivity index (χ2n) is 4.44.